The predicted octanol–water partition coefficient (Wildman–Crippen LogP) is 3.11. The molecule has 0 bridgehead atoms. The van der Waals surface area contributed by atoms with Gasteiger partial charge in [-0.1, -0.05) is 12.8 Å². The number of aromatic carboxylic acids is 1. The van der Waals surface area contributed by atoms with Gasteiger partial charge in [0.1, 0.15) is 0 Å². The van der Waals surface area contributed by atoms with E-state index in [2.05, 4.69) is 10.2 Å². The van der Waals surface area contributed by atoms with Crippen molar-refractivity contribution in [3.05, 3.63) is 23.8 Å². The summed E-state index contributed by atoms with van der Waals surface area (Å²) in [6.45, 7) is 1.93. The molecule has 1 aromatic carbocycles. The molecule has 1 aliphatic heterocycles. The Morgan fingerprint density at radius 3 is 2.41 bits per heavy atom. The zero-order valence-corrected chi connectivity index (χ0v) is 12.7. The van der Waals surface area contributed by atoms with Gasteiger partial charge >= 0.3 is 5.97 Å². The highest BCUT2D eigenvalue weighted by molar-refractivity contribution is 6.02. The van der Waals surface area contributed by atoms with Crippen molar-refractivity contribution in [2.24, 2.45) is 5.92 Å². The Bertz CT molecular complexity index is 573. The zero-order valence-electron chi connectivity index (χ0n) is 12.7. The van der Waals surface area contributed by atoms with Crippen molar-refractivity contribution in [2.75, 3.05) is 23.3 Å². The van der Waals surface area contributed by atoms with E-state index >= 15 is 0 Å². The Balaban J connectivity index is 1.80. The molecule has 0 radical (unpaired) electrons. The van der Waals surface area contributed by atoms with Crippen molar-refractivity contribution >= 4 is 23.3 Å². The lowest BCUT2D eigenvalue weighted by Crippen LogP contribution is -2.22. The summed E-state index contributed by atoms with van der Waals surface area (Å²) in [6, 6.07) is 5.31. The van der Waals surface area contributed by atoms with Gasteiger partial charge in [-0.15, -0.1) is 0 Å². The molecule has 1 amide bonds. The van der Waals surface area contributed by atoms with Crippen LogP contribution in [0.5, 0.6) is 0 Å². The normalized spacial score (nSPS) is 18.6. The van der Waals surface area contributed by atoms with Gasteiger partial charge in [0.05, 0.1) is 11.3 Å². The lowest BCUT2D eigenvalue weighted by atomic mass is 10.1. The standard InChI is InChI=1S/C17H22N2O3/c20-16(12-5-1-2-6-12)18-15-8-7-13(11-14(15)17(21)22)19-9-3-4-10-19/h7-8,11-12H,1-6,9-10H2,(H,18,20)(H,21,22). The molecular formula is C17H22N2O3. The number of carbonyl (C=O) groups excluding carboxylic acids is 1. The molecule has 1 heterocycles. The van der Waals surface area contributed by atoms with Crippen LogP contribution in [-0.2, 0) is 4.79 Å². The van der Waals surface area contributed by atoms with Gasteiger partial charge in [-0.05, 0) is 43.9 Å². The van der Waals surface area contributed by atoms with Crippen LogP contribution < -0.4 is 10.2 Å². The topological polar surface area (TPSA) is 69.6 Å². The largest absolute Gasteiger partial charge is 0.478 e. The van der Waals surface area contributed by atoms with Gasteiger partial charge in [0, 0.05) is 24.7 Å². The molecule has 3 rings (SSSR count). The van der Waals surface area contributed by atoms with Gasteiger partial charge in [-0.3, -0.25) is 4.79 Å². The summed E-state index contributed by atoms with van der Waals surface area (Å²) < 4.78 is 0. The molecule has 1 saturated heterocycles. The van der Waals surface area contributed by atoms with Gasteiger partial charge < -0.3 is 15.3 Å². The SMILES string of the molecule is O=C(O)c1cc(N2CCCC2)ccc1NC(=O)C1CCCC1. The maximum Gasteiger partial charge on any atom is 0.337 e. The third-order valence-corrected chi connectivity index (χ3v) is 4.69. The molecule has 0 aromatic heterocycles. The molecule has 0 spiro atoms. The van der Waals surface area contributed by atoms with Gasteiger partial charge in [-0.2, -0.15) is 0 Å². The van der Waals surface area contributed by atoms with Crippen LogP contribution in [0.1, 0.15) is 48.9 Å². The zero-order chi connectivity index (χ0) is 15.5. The first-order chi connectivity index (χ1) is 10.6. The highest BCUT2D eigenvalue weighted by Crippen LogP contribution is 2.29. The summed E-state index contributed by atoms with van der Waals surface area (Å²) >= 11 is 0. The fourth-order valence-corrected chi connectivity index (χ4v) is 3.41. The first kappa shape index (κ1) is 14.9. The Hall–Kier alpha value is -2.04. The summed E-state index contributed by atoms with van der Waals surface area (Å²) in [5.41, 5.74) is 1.51. The quantitative estimate of drug-likeness (QED) is 0.896. The minimum absolute atomic E-state index is 0.0277. The fourth-order valence-electron chi connectivity index (χ4n) is 3.41. The maximum atomic E-state index is 12.2. The average molecular weight is 302 g/mol. The summed E-state index contributed by atoms with van der Waals surface area (Å²) in [7, 11) is 0. The summed E-state index contributed by atoms with van der Waals surface area (Å²) in [4.78, 5) is 25.9. The number of rotatable bonds is 4. The Morgan fingerprint density at radius 2 is 1.77 bits per heavy atom. The van der Waals surface area contributed by atoms with Gasteiger partial charge in [0.15, 0.2) is 0 Å². The molecule has 0 atom stereocenters. The van der Waals surface area contributed by atoms with Crippen molar-refractivity contribution in [3.63, 3.8) is 0 Å². The molecule has 22 heavy (non-hydrogen) atoms. The van der Waals surface area contributed by atoms with Gasteiger partial charge in [0.25, 0.3) is 0 Å². The lowest BCUT2D eigenvalue weighted by molar-refractivity contribution is -0.119. The van der Waals surface area contributed by atoms with Crippen LogP contribution in [0.4, 0.5) is 11.4 Å². The second-order valence-corrected chi connectivity index (χ2v) is 6.20. The maximum absolute atomic E-state index is 12.2. The van der Waals surface area contributed by atoms with Crippen LogP contribution in [0.15, 0.2) is 18.2 Å². The number of carboxylic acid groups (broad SMARTS) is 1. The van der Waals surface area contributed by atoms with E-state index in [-0.39, 0.29) is 17.4 Å². The summed E-state index contributed by atoms with van der Waals surface area (Å²) in [5, 5.41) is 12.3. The molecule has 1 aromatic rings. The van der Waals surface area contributed by atoms with E-state index in [1.807, 2.05) is 6.07 Å². The van der Waals surface area contributed by atoms with E-state index in [4.69, 9.17) is 0 Å². The van der Waals surface area contributed by atoms with Crippen LogP contribution >= 0.6 is 0 Å². The highest BCUT2D eigenvalue weighted by Gasteiger charge is 2.24. The smallest absolute Gasteiger partial charge is 0.337 e. The van der Waals surface area contributed by atoms with Crippen molar-refractivity contribution in [3.8, 4) is 0 Å². The van der Waals surface area contributed by atoms with Crippen molar-refractivity contribution < 1.29 is 14.7 Å². The van der Waals surface area contributed by atoms with E-state index in [0.29, 0.717) is 5.69 Å². The number of anilines is 2. The molecule has 118 valence electrons. The molecule has 2 fully saturated rings. The summed E-state index contributed by atoms with van der Waals surface area (Å²) in [5.74, 6) is -1.02. The third-order valence-electron chi connectivity index (χ3n) is 4.69. The molecule has 1 saturated carbocycles. The Kier molecular flexibility index (Phi) is 4.32. The third kappa shape index (κ3) is 3.08. The number of carbonyl (C=O) groups is 2. The van der Waals surface area contributed by atoms with Crippen molar-refractivity contribution in [2.45, 2.75) is 38.5 Å². The first-order valence-electron chi connectivity index (χ1n) is 8.08. The van der Waals surface area contributed by atoms with Crippen molar-refractivity contribution in [1.29, 1.82) is 0 Å². The van der Waals surface area contributed by atoms with E-state index < -0.39 is 5.97 Å². The monoisotopic (exact) mass is 302 g/mol. The van der Waals surface area contributed by atoms with E-state index in [0.717, 1.165) is 57.3 Å². The number of nitrogens with one attached hydrogen (secondary N) is 1. The minimum Gasteiger partial charge on any atom is -0.478 e. The average Bonchev–Trinajstić information content (AvgIpc) is 3.21. The Morgan fingerprint density at radius 1 is 1.09 bits per heavy atom. The minimum atomic E-state index is -0.997. The molecule has 2 aliphatic rings. The fraction of sp³-hybridized carbons (Fsp3) is 0.529. The lowest BCUT2D eigenvalue weighted by Gasteiger charge is -2.19. The number of hydrogen-bond acceptors (Lipinski definition) is 3. The number of carboxylic acids is 1. The number of nitrogens with zero attached hydrogens (tertiary/aromatic N) is 1. The van der Waals surface area contributed by atoms with Gasteiger partial charge in [0.2, 0.25) is 5.91 Å². The van der Waals surface area contributed by atoms with Crippen LogP contribution in [0.2, 0.25) is 0 Å². The molecule has 2 N–H and O–H groups in total. The molecule has 5 nitrogen and oxygen atoms in total. The number of hydrogen-bond donors (Lipinski definition) is 2. The number of amides is 1. The van der Waals surface area contributed by atoms with Crippen LogP contribution in [0.3, 0.4) is 0 Å². The predicted molar refractivity (Wildman–Crippen MR) is 85.4 cm³/mol. The van der Waals surface area contributed by atoms with Crippen LogP contribution in [0.25, 0.3) is 0 Å². The van der Waals surface area contributed by atoms with Crippen LogP contribution in [-0.4, -0.2) is 30.1 Å². The molecule has 5 heteroatoms. The number of benzene rings is 1. The Labute approximate surface area is 130 Å². The van der Waals surface area contributed by atoms with Gasteiger partial charge in [-0.25, -0.2) is 4.79 Å². The van der Waals surface area contributed by atoms with E-state index in [9.17, 15) is 14.7 Å². The second-order valence-electron chi connectivity index (χ2n) is 6.20. The van der Waals surface area contributed by atoms with E-state index in [1.54, 1.807) is 12.1 Å². The summed E-state index contributed by atoms with van der Waals surface area (Å²) in [6.07, 6.45) is 6.25. The second kappa shape index (κ2) is 6.38. The molecule has 1 aliphatic carbocycles. The van der Waals surface area contributed by atoms with Crippen molar-refractivity contribution in [1.82, 2.24) is 0 Å². The van der Waals surface area contributed by atoms with Crippen LogP contribution in [0, 0.1) is 5.92 Å². The van der Waals surface area contributed by atoms with E-state index in [1.165, 1.54) is 0 Å². The first-order valence-corrected chi connectivity index (χ1v) is 8.08. The highest BCUT2D eigenvalue weighted by atomic mass is 16.4. The molecule has 0 unspecified atom stereocenters. The molecular weight excluding hydrogens is 280 g/mol.